The van der Waals surface area contributed by atoms with E-state index in [1.54, 1.807) is 30.3 Å². The third-order valence-corrected chi connectivity index (χ3v) is 3.60. The molecule has 0 spiro atoms. The molecule has 0 heterocycles. The van der Waals surface area contributed by atoms with Crippen LogP contribution in [0, 0.1) is 6.92 Å². The molecule has 0 bridgehead atoms. The van der Waals surface area contributed by atoms with Crippen molar-refractivity contribution in [3.05, 3.63) is 59.7 Å². The minimum Gasteiger partial charge on any atom is -0.318 e. The van der Waals surface area contributed by atoms with Gasteiger partial charge in [0.1, 0.15) is 0 Å². The first kappa shape index (κ1) is 17.4. The molecule has 5 nitrogen and oxygen atoms in total. The van der Waals surface area contributed by atoms with E-state index in [1.165, 1.54) is 11.8 Å². The largest absolute Gasteiger partial charge is 0.318 e. The molecule has 0 atom stereocenters. The molecule has 2 aromatic rings. The Hall–Kier alpha value is -2.95. The fourth-order valence-electron chi connectivity index (χ4n) is 2.36. The molecule has 0 aliphatic rings. The minimum atomic E-state index is -0.737. The van der Waals surface area contributed by atoms with Crippen molar-refractivity contribution >= 4 is 29.0 Å². The predicted molar refractivity (Wildman–Crippen MR) is 94.3 cm³/mol. The molecule has 0 aliphatic carbocycles. The molecule has 0 unspecified atom stereocenters. The summed E-state index contributed by atoms with van der Waals surface area (Å²) in [6.07, 6.45) is 0. The first-order valence-corrected chi connectivity index (χ1v) is 7.73. The number of ketones is 1. The number of hydrogen-bond donors (Lipinski definition) is 1. The van der Waals surface area contributed by atoms with Crippen LogP contribution >= 0.6 is 0 Å². The Morgan fingerprint density at radius 1 is 1.04 bits per heavy atom. The topological polar surface area (TPSA) is 66.5 Å². The van der Waals surface area contributed by atoms with Crippen LogP contribution in [0.3, 0.4) is 0 Å². The number of aryl methyl sites for hydroxylation is 1. The lowest BCUT2D eigenvalue weighted by Crippen LogP contribution is -2.39. The fraction of sp³-hybridized carbons (Fsp3) is 0.211. The summed E-state index contributed by atoms with van der Waals surface area (Å²) in [5.41, 5.74) is 2.58. The van der Waals surface area contributed by atoms with Gasteiger partial charge >= 0.3 is 11.8 Å². The zero-order valence-electron chi connectivity index (χ0n) is 14.0. The molecule has 0 saturated carbocycles. The molecule has 124 valence electrons. The van der Waals surface area contributed by atoms with Gasteiger partial charge in [-0.25, -0.2) is 0 Å². The summed E-state index contributed by atoms with van der Waals surface area (Å²) in [5, 5.41) is 2.55. The molecular formula is C19H20N2O3. The average molecular weight is 324 g/mol. The maximum absolute atomic E-state index is 12.5. The van der Waals surface area contributed by atoms with E-state index in [2.05, 4.69) is 5.32 Å². The van der Waals surface area contributed by atoms with Gasteiger partial charge in [0.25, 0.3) is 0 Å². The summed E-state index contributed by atoms with van der Waals surface area (Å²) >= 11 is 0. The van der Waals surface area contributed by atoms with Gasteiger partial charge in [0.05, 0.1) is 0 Å². The normalized spacial score (nSPS) is 10.1. The number of amides is 2. The van der Waals surface area contributed by atoms with E-state index in [0.29, 0.717) is 23.5 Å². The zero-order chi connectivity index (χ0) is 17.7. The highest BCUT2D eigenvalue weighted by Crippen LogP contribution is 2.17. The third-order valence-electron chi connectivity index (χ3n) is 3.60. The van der Waals surface area contributed by atoms with Gasteiger partial charge in [-0.3, -0.25) is 14.4 Å². The van der Waals surface area contributed by atoms with Crippen molar-refractivity contribution in [2.24, 2.45) is 0 Å². The minimum absolute atomic E-state index is 0.104. The summed E-state index contributed by atoms with van der Waals surface area (Å²) in [5.74, 6) is -1.48. The number of likely N-dealkylation sites (N-methyl/N-ethyl adjacent to an activating group) is 1. The SMILES string of the molecule is CCN(C(=O)C(=O)Nc1cccc(C(C)=O)c1)c1cccc(C)c1. The number of carbonyl (C=O) groups excluding carboxylic acids is 3. The van der Waals surface area contributed by atoms with Crippen molar-refractivity contribution < 1.29 is 14.4 Å². The Morgan fingerprint density at radius 2 is 1.75 bits per heavy atom. The van der Waals surface area contributed by atoms with Gasteiger partial charge in [0.15, 0.2) is 5.78 Å². The number of hydrogen-bond acceptors (Lipinski definition) is 3. The highest BCUT2D eigenvalue weighted by atomic mass is 16.2. The molecule has 0 saturated heterocycles. The second-order valence-electron chi connectivity index (χ2n) is 5.48. The lowest BCUT2D eigenvalue weighted by molar-refractivity contribution is -0.134. The Balaban J connectivity index is 2.17. The smallest absolute Gasteiger partial charge is 0.316 e. The van der Waals surface area contributed by atoms with Crippen LogP contribution in [0.2, 0.25) is 0 Å². The molecular weight excluding hydrogens is 304 g/mol. The fourth-order valence-corrected chi connectivity index (χ4v) is 2.36. The maximum Gasteiger partial charge on any atom is 0.316 e. The van der Waals surface area contributed by atoms with Crippen molar-refractivity contribution in [1.29, 1.82) is 0 Å². The number of nitrogens with one attached hydrogen (secondary N) is 1. The number of anilines is 2. The number of benzene rings is 2. The van der Waals surface area contributed by atoms with Crippen molar-refractivity contribution in [2.45, 2.75) is 20.8 Å². The van der Waals surface area contributed by atoms with Crippen molar-refractivity contribution in [3.8, 4) is 0 Å². The van der Waals surface area contributed by atoms with Crippen LogP contribution < -0.4 is 10.2 Å². The van der Waals surface area contributed by atoms with Crippen LogP contribution in [0.15, 0.2) is 48.5 Å². The summed E-state index contributed by atoms with van der Waals surface area (Å²) < 4.78 is 0. The van der Waals surface area contributed by atoms with Gasteiger partial charge in [-0.15, -0.1) is 0 Å². The van der Waals surface area contributed by atoms with E-state index in [-0.39, 0.29) is 5.78 Å². The van der Waals surface area contributed by atoms with E-state index in [4.69, 9.17) is 0 Å². The van der Waals surface area contributed by atoms with Crippen LogP contribution in [0.4, 0.5) is 11.4 Å². The molecule has 24 heavy (non-hydrogen) atoms. The Bertz CT molecular complexity index is 784. The second kappa shape index (κ2) is 7.55. The summed E-state index contributed by atoms with van der Waals surface area (Å²) in [7, 11) is 0. The standard InChI is InChI=1S/C19H20N2O3/c1-4-21(17-10-5-7-13(2)11-17)19(24)18(23)20-16-9-6-8-15(12-16)14(3)22/h5-12H,4H2,1-3H3,(H,20,23). The number of nitrogens with zero attached hydrogens (tertiary/aromatic N) is 1. The second-order valence-corrected chi connectivity index (χ2v) is 5.48. The molecule has 2 rings (SSSR count). The highest BCUT2D eigenvalue weighted by Gasteiger charge is 2.22. The third kappa shape index (κ3) is 4.07. The maximum atomic E-state index is 12.5. The van der Waals surface area contributed by atoms with Gasteiger partial charge in [0, 0.05) is 23.5 Å². The van der Waals surface area contributed by atoms with Crippen LogP contribution in [0.5, 0.6) is 0 Å². The summed E-state index contributed by atoms with van der Waals surface area (Å²) in [6.45, 7) is 5.56. The Labute approximate surface area is 141 Å². The Kier molecular flexibility index (Phi) is 5.47. The zero-order valence-corrected chi connectivity index (χ0v) is 14.0. The van der Waals surface area contributed by atoms with E-state index in [9.17, 15) is 14.4 Å². The van der Waals surface area contributed by atoms with Crippen LogP contribution in [-0.2, 0) is 9.59 Å². The first-order valence-electron chi connectivity index (χ1n) is 7.73. The van der Waals surface area contributed by atoms with Gasteiger partial charge in [-0.2, -0.15) is 0 Å². The molecule has 0 radical (unpaired) electrons. The number of rotatable bonds is 4. The molecule has 0 aliphatic heterocycles. The van der Waals surface area contributed by atoms with Gasteiger partial charge in [-0.1, -0.05) is 24.3 Å². The first-order chi connectivity index (χ1) is 11.4. The van der Waals surface area contributed by atoms with E-state index in [1.807, 2.05) is 32.0 Å². The van der Waals surface area contributed by atoms with Crippen molar-refractivity contribution in [2.75, 3.05) is 16.8 Å². The van der Waals surface area contributed by atoms with Crippen molar-refractivity contribution in [3.63, 3.8) is 0 Å². The van der Waals surface area contributed by atoms with Gasteiger partial charge < -0.3 is 10.2 Å². The van der Waals surface area contributed by atoms with E-state index < -0.39 is 11.8 Å². The quantitative estimate of drug-likeness (QED) is 0.694. The highest BCUT2D eigenvalue weighted by molar-refractivity contribution is 6.44. The summed E-state index contributed by atoms with van der Waals surface area (Å²) in [6, 6.07) is 13.9. The molecule has 5 heteroatoms. The van der Waals surface area contributed by atoms with Crippen molar-refractivity contribution in [1.82, 2.24) is 0 Å². The van der Waals surface area contributed by atoms with Gasteiger partial charge in [0.2, 0.25) is 0 Å². The molecule has 2 aromatic carbocycles. The summed E-state index contributed by atoms with van der Waals surface area (Å²) in [4.78, 5) is 37.5. The predicted octanol–water partition coefficient (Wildman–Crippen LogP) is 3.19. The van der Waals surface area contributed by atoms with Gasteiger partial charge in [-0.05, 0) is 50.6 Å². The lowest BCUT2D eigenvalue weighted by Gasteiger charge is -2.20. The van der Waals surface area contributed by atoms with E-state index in [0.717, 1.165) is 5.56 Å². The average Bonchev–Trinajstić information content (AvgIpc) is 2.55. The number of carbonyl (C=O) groups is 3. The number of Topliss-reactive ketones (excluding diaryl/α,β-unsaturated/α-hetero) is 1. The van der Waals surface area contributed by atoms with Crippen LogP contribution in [-0.4, -0.2) is 24.1 Å². The van der Waals surface area contributed by atoms with E-state index >= 15 is 0 Å². The lowest BCUT2D eigenvalue weighted by atomic mass is 10.1. The molecule has 0 fully saturated rings. The van der Waals surface area contributed by atoms with Crippen LogP contribution in [0.1, 0.15) is 29.8 Å². The molecule has 0 aromatic heterocycles. The molecule has 1 N–H and O–H groups in total. The van der Waals surface area contributed by atoms with Crippen LogP contribution in [0.25, 0.3) is 0 Å². The molecule has 2 amide bonds. The monoisotopic (exact) mass is 324 g/mol. The Morgan fingerprint density at radius 3 is 2.38 bits per heavy atom.